The standard InChI is InChI=1S/C58H49N/c1-35(2)27-37-15-21-45-49(29-37)51-31-41(17-23-47(51)57(45)39-11-7-5-8-12-39)43-19-25-55-53(33-43)54-34-44(20-26-56(54)59-55)42-18-24-48-52(32-42)50-30-38(28-36(3)4)16-22-46(50)58(48)40-13-9-6-10-14-40/h5-26,29-36,57-59H,27-28H2,1-4H3. The van der Waals surface area contributed by atoms with Crippen LogP contribution in [0.5, 0.6) is 0 Å². The van der Waals surface area contributed by atoms with Crippen LogP contribution in [-0.4, -0.2) is 4.98 Å². The zero-order valence-electron chi connectivity index (χ0n) is 34.4. The van der Waals surface area contributed by atoms with Crippen LogP contribution in [0.2, 0.25) is 0 Å². The molecule has 286 valence electrons. The molecule has 1 nitrogen and oxygen atoms in total. The summed E-state index contributed by atoms with van der Waals surface area (Å²) < 4.78 is 0. The third-order valence-corrected chi connectivity index (χ3v) is 13.0. The number of hydrogen-bond donors (Lipinski definition) is 1. The molecule has 0 radical (unpaired) electrons. The van der Waals surface area contributed by atoms with E-state index in [9.17, 15) is 0 Å². The minimum absolute atomic E-state index is 0.247. The highest BCUT2D eigenvalue weighted by atomic mass is 14.7. The highest BCUT2D eigenvalue weighted by Crippen LogP contribution is 2.51. The summed E-state index contributed by atoms with van der Waals surface area (Å²) in [4.78, 5) is 3.74. The summed E-state index contributed by atoms with van der Waals surface area (Å²) in [5, 5.41) is 2.52. The summed E-state index contributed by atoms with van der Waals surface area (Å²) in [6.45, 7) is 9.24. The van der Waals surface area contributed by atoms with Gasteiger partial charge in [-0.1, -0.05) is 161 Å². The van der Waals surface area contributed by atoms with E-state index in [0.29, 0.717) is 11.8 Å². The molecule has 0 amide bonds. The minimum atomic E-state index is 0.247. The van der Waals surface area contributed by atoms with Crippen LogP contribution in [0.3, 0.4) is 0 Å². The van der Waals surface area contributed by atoms with Gasteiger partial charge in [-0.05, 0) is 150 Å². The van der Waals surface area contributed by atoms with Gasteiger partial charge in [-0.25, -0.2) is 0 Å². The largest absolute Gasteiger partial charge is 0.355 e. The molecule has 0 saturated carbocycles. The SMILES string of the molecule is CC(C)Cc1ccc2c(c1)-c1cc(-c3ccc4[nH]c5ccc(-c6ccc7c(c6)-c6cc(CC(C)C)ccc6C7c6ccccc6)cc5c4c3)ccc1C2c1ccccc1. The second-order valence-electron chi connectivity index (χ2n) is 18.0. The molecule has 2 unspecified atom stereocenters. The molecule has 2 aliphatic carbocycles. The van der Waals surface area contributed by atoms with Gasteiger partial charge in [0, 0.05) is 33.6 Å². The van der Waals surface area contributed by atoms with Gasteiger partial charge in [-0.15, -0.1) is 0 Å². The lowest BCUT2D eigenvalue weighted by atomic mass is 9.88. The molecule has 0 spiro atoms. The van der Waals surface area contributed by atoms with Gasteiger partial charge in [0.25, 0.3) is 0 Å². The summed E-state index contributed by atoms with van der Waals surface area (Å²) in [6.07, 6.45) is 2.17. The summed E-state index contributed by atoms with van der Waals surface area (Å²) in [6, 6.07) is 64.8. The summed E-state index contributed by atoms with van der Waals surface area (Å²) in [5.41, 5.74) is 24.0. The van der Waals surface area contributed by atoms with Crippen molar-refractivity contribution in [3.8, 4) is 44.5 Å². The van der Waals surface area contributed by atoms with Crippen molar-refractivity contribution in [3.05, 3.63) is 214 Å². The molecule has 8 aromatic carbocycles. The number of aromatic nitrogens is 1. The fourth-order valence-corrected chi connectivity index (χ4v) is 10.4. The first-order valence-corrected chi connectivity index (χ1v) is 21.6. The van der Waals surface area contributed by atoms with Crippen LogP contribution in [-0.2, 0) is 12.8 Å². The number of hydrogen-bond acceptors (Lipinski definition) is 0. The summed E-state index contributed by atoms with van der Waals surface area (Å²) in [5.74, 6) is 1.72. The van der Waals surface area contributed by atoms with E-state index in [1.807, 2.05) is 0 Å². The topological polar surface area (TPSA) is 15.8 Å². The lowest BCUT2D eigenvalue weighted by Gasteiger charge is -2.15. The molecule has 11 rings (SSSR count). The lowest BCUT2D eigenvalue weighted by Crippen LogP contribution is -1.99. The fourth-order valence-electron chi connectivity index (χ4n) is 10.4. The lowest BCUT2D eigenvalue weighted by molar-refractivity contribution is 0.647. The van der Waals surface area contributed by atoms with Crippen LogP contribution >= 0.6 is 0 Å². The van der Waals surface area contributed by atoms with Crippen LogP contribution in [0.4, 0.5) is 0 Å². The molecule has 1 heterocycles. The monoisotopic (exact) mass is 759 g/mol. The van der Waals surface area contributed by atoms with Gasteiger partial charge in [-0.3, -0.25) is 0 Å². The number of H-pyrrole nitrogens is 1. The average molecular weight is 760 g/mol. The molecule has 9 aromatic rings. The van der Waals surface area contributed by atoms with Gasteiger partial charge >= 0.3 is 0 Å². The Bertz CT molecular complexity index is 2850. The molecule has 0 fully saturated rings. The second kappa shape index (κ2) is 14.1. The summed E-state index contributed by atoms with van der Waals surface area (Å²) in [7, 11) is 0. The summed E-state index contributed by atoms with van der Waals surface area (Å²) >= 11 is 0. The van der Waals surface area contributed by atoms with Crippen LogP contribution in [0.1, 0.15) is 84.0 Å². The van der Waals surface area contributed by atoms with Crippen LogP contribution < -0.4 is 0 Å². The predicted molar refractivity (Wildman–Crippen MR) is 249 cm³/mol. The van der Waals surface area contributed by atoms with E-state index in [4.69, 9.17) is 0 Å². The van der Waals surface area contributed by atoms with Crippen molar-refractivity contribution >= 4 is 21.8 Å². The van der Waals surface area contributed by atoms with Crippen molar-refractivity contribution in [2.45, 2.75) is 52.4 Å². The third kappa shape index (κ3) is 6.14. The molecule has 1 heteroatoms. The molecule has 2 aliphatic rings. The number of nitrogens with one attached hydrogen (secondary N) is 1. The Kier molecular flexibility index (Phi) is 8.55. The van der Waals surface area contributed by atoms with Crippen molar-refractivity contribution in [3.63, 3.8) is 0 Å². The van der Waals surface area contributed by atoms with Crippen molar-refractivity contribution < 1.29 is 0 Å². The zero-order chi connectivity index (χ0) is 39.8. The van der Waals surface area contributed by atoms with E-state index in [2.05, 4.69) is 203 Å². The smallest absolute Gasteiger partial charge is 0.0465 e. The van der Waals surface area contributed by atoms with Crippen molar-refractivity contribution in [2.24, 2.45) is 11.8 Å². The van der Waals surface area contributed by atoms with E-state index >= 15 is 0 Å². The van der Waals surface area contributed by atoms with Crippen LogP contribution in [0.25, 0.3) is 66.3 Å². The molecule has 0 aliphatic heterocycles. The fraction of sp³-hybridized carbons (Fsp3) is 0.172. The minimum Gasteiger partial charge on any atom is -0.355 e. The first-order valence-electron chi connectivity index (χ1n) is 21.6. The van der Waals surface area contributed by atoms with E-state index < -0.39 is 0 Å². The van der Waals surface area contributed by atoms with Crippen LogP contribution in [0.15, 0.2) is 170 Å². The average Bonchev–Trinajstić information content (AvgIpc) is 3.90. The van der Waals surface area contributed by atoms with Gasteiger partial charge in [0.15, 0.2) is 0 Å². The third-order valence-electron chi connectivity index (χ3n) is 13.0. The first kappa shape index (κ1) is 35.7. The van der Waals surface area contributed by atoms with Gasteiger partial charge in [0.05, 0.1) is 0 Å². The molecule has 0 bridgehead atoms. The second-order valence-corrected chi connectivity index (χ2v) is 18.0. The van der Waals surface area contributed by atoms with Crippen molar-refractivity contribution in [1.29, 1.82) is 0 Å². The molecule has 0 saturated heterocycles. The molecule has 1 aromatic heterocycles. The Hall–Kier alpha value is -6.44. The Morgan fingerprint density at radius 3 is 1.14 bits per heavy atom. The zero-order valence-corrected chi connectivity index (χ0v) is 34.4. The number of fused-ring (bicyclic) bond motifs is 9. The maximum absolute atomic E-state index is 3.74. The molecular formula is C58H49N. The highest BCUT2D eigenvalue weighted by Gasteiger charge is 2.32. The quantitative estimate of drug-likeness (QED) is 0.159. The van der Waals surface area contributed by atoms with Gasteiger partial charge < -0.3 is 4.98 Å². The molecular weight excluding hydrogens is 711 g/mol. The number of rotatable bonds is 8. The maximum atomic E-state index is 3.74. The van der Waals surface area contributed by atoms with E-state index in [1.165, 1.54) is 111 Å². The van der Waals surface area contributed by atoms with Crippen molar-refractivity contribution in [1.82, 2.24) is 4.98 Å². The predicted octanol–water partition coefficient (Wildman–Crippen LogP) is 15.4. The van der Waals surface area contributed by atoms with Crippen LogP contribution in [0, 0.1) is 11.8 Å². The van der Waals surface area contributed by atoms with E-state index in [0.717, 1.165) is 12.8 Å². The van der Waals surface area contributed by atoms with Crippen molar-refractivity contribution in [2.75, 3.05) is 0 Å². The Labute approximate surface area is 348 Å². The van der Waals surface area contributed by atoms with Gasteiger partial charge in [0.1, 0.15) is 0 Å². The van der Waals surface area contributed by atoms with E-state index in [1.54, 1.807) is 0 Å². The Morgan fingerprint density at radius 2 is 0.729 bits per heavy atom. The first-order chi connectivity index (χ1) is 28.9. The molecule has 2 atom stereocenters. The molecule has 59 heavy (non-hydrogen) atoms. The van der Waals surface area contributed by atoms with E-state index in [-0.39, 0.29) is 11.8 Å². The number of aromatic amines is 1. The number of benzene rings is 8. The van der Waals surface area contributed by atoms with Gasteiger partial charge in [-0.2, -0.15) is 0 Å². The highest BCUT2D eigenvalue weighted by molar-refractivity contribution is 6.10. The maximum Gasteiger partial charge on any atom is 0.0465 e. The Balaban J connectivity index is 0.995. The Morgan fingerprint density at radius 1 is 0.373 bits per heavy atom. The van der Waals surface area contributed by atoms with Gasteiger partial charge in [0.2, 0.25) is 0 Å². The molecule has 1 N–H and O–H groups in total. The normalized spacial score (nSPS) is 15.2.